The highest BCUT2D eigenvalue weighted by molar-refractivity contribution is 9.10. The molecule has 1 aromatic heterocycles. The second-order valence-electron chi connectivity index (χ2n) is 2.32. The van der Waals surface area contributed by atoms with Gasteiger partial charge in [-0.3, -0.25) is 0 Å². The van der Waals surface area contributed by atoms with Gasteiger partial charge in [0, 0.05) is 4.47 Å². The Hall–Kier alpha value is -1.01. The van der Waals surface area contributed by atoms with Crippen molar-refractivity contribution in [3.63, 3.8) is 0 Å². The van der Waals surface area contributed by atoms with Gasteiger partial charge in [0.15, 0.2) is 0 Å². The van der Waals surface area contributed by atoms with Crippen molar-refractivity contribution in [1.29, 1.82) is 0 Å². The first-order valence-electron chi connectivity index (χ1n) is 3.54. The van der Waals surface area contributed by atoms with Crippen molar-refractivity contribution in [3.05, 3.63) is 22.3 Å². The fourth-order valence-electron chi connectivity index (χ4n) is 0.784. The first kappa shape index (κ1) is 9.08. The summed E-state index contributed by atoms with van der Waals surface area (Å²) in [7, 11) is 0. The highest BCUT2D eigenvalue weighted by Gasteiger charge is 1.96. The summed E-state index contributed by atoms with van der Waals surface area (Å²) in [6.07, 6.45) is 5.09. The fourth-order valence-corrected chi connectivity index (χ4v) is 1.00. The minimum absolute atomic E-state index is 0.508. The Bertz CT molecular complexity index is 315. The summed E-state index contributed by atoms with van der Waals surface area (Å²) in [5.41, 5.74) is 0.956. The van der Waals surface area contributed by atoms with E-state index in [1.165, 1.54) is 0 Å². The third-order valence-corrected chi connectivity index (χ3v) is 2.23. The molecule has 0 aromatic carbocycles. The van der Waals surface area contributed by atoms with Crippen LogP contribution < -0.4 is 5.32 Å². The lowest BCUT2D eigenvalue weighted by atomic mass is 10.4. The van der Waals surface area contributed by atoms with E-state index in [-0.39, 0.29) is 0 Å². The summed E-state index contributed by atoms with van der Waals surface area (Å²) in [6, 6.07) is 3.83. The Labute approximate surface area is 80.5 Å². The van der Waals surface area contributed by atoms with Crippen LogP contribution in [0, 0.1) is 19.3 Å². The molecule has 0 aliphatic heterocycles. The lowest BCUT2D eigenvalue weighted by molar-refractivity contribution is 1.15. The molecule has 0 amide bonds. The molecule has 2 nitrogen and oxygen atoms in total. The number of hydrogen-bond donors (Lipinski definition) is 1. The number of aryl methyl sites for hydroxylation is 1. The van der Waals surface area contributed by atoms with Crippen LogP contribution in [-0.2, 0) is 0 Å². The zero-order valence-electron chi connectivity index (χ0n) is 6.76. The Morgan fingerprint density at radius 2 is 2.42 bits per heavy atom. The number of pyridine rings is 1. The van der Waals surface area contributed by atoms with Crippen LogP contribution in [0.2, 0.25) is 0 Å². The van der Waals surface area contributed by atoms with E-state index in [1.54, 1.807) is 0 Å². The molecule has 62 valence electrons. The van der Waals surface area contributed by atoms with E-state index in [1.807, 2.05) is 19.1 Å². The summed E-state index contributed by atoms with van der Waals surface area (Å²) >= 11 is 3.37. The van der Waals surface area contributed by atoms with E-state index in [0.717, 1.165) is 16.0 Å². The zero-order chi connectivity index (χ0) is 8.97. The van der Waals surface area contributed by atoms with Crippen LogP contribution >= 0.6 is 15.9 Å². The van der Waals surface area contributed by atoms with Gasteiger partial charge in [0.25, 0.3) is 0 Å². The predicted molar refractivity (Wildman–Crippen MR) is 54.0 cm³/mol. The molecular formula is C9H9BrN2. The Kier molecular flexibility index (Phi) is 3.12. The monoisotopic (exact) mass is 224 g/mol. The van der Waals surface area contributed by atoms with Gasteiger partial charge in [-0.05, 0) is 35.0 Å². The van der Waals surface area contributed by atoms with E-state index < -0.39 is 0 Å². The predicted octanol–water partition coefficient (Wildman–Crippen LogP) is 2.20. The Morgan fingerprint density at radius 3 is 3.00 bits per heavy atom. The van der Waals surface area contributed by atoms with Gasteiger partial charge in [-0.1, -0.05) is 5.92 Å². The highest BCUT2D eigenvalue weighted by atomic mass is 79.9. The third kappa shape index (κ3) is 2.24. The second kappa shape index (κ2) is 4.13. The van der Waals surface area contributed by atoms with Crippen molar-refractivity contribution in [3.8, 4) is 12.3 Å². The molecule has 1 aromatic rings. The number of nitrogens with zero attached hydrogens (tertiary/aromatic N) is 1. The minimum atomic E-state index is 0.508. The second-order valence-corrected chi connectivity index (χ2v) is 3.18. The molecule has 3 heteroatoms. The maximum atomic E-state index is 5.09. The fraction of sp³-hybridized carbons (Fsp3) is 0.222. The van der Waals surface area contributed by atoms with Gasteiger partial charge in [-0.15, -0.1) is 6.42 Å². The lowest BCUT2D eigenvalue weighted by Gasteiger charge is -2.03. The molecule has 0 unspecified atom stereocenters. The SMILES string of the molecule is C#CCNc1ccc(Br)c(C)n1. The van der Waals surface area contributed by atoms with Crippen molar-refractivity contribution in [1.82, 2.24) is 4.98 Å². The molecule has 0 aliphatic rings. The van der Waals surface area contributed by atoms with E-state index >= 15 is 0 Å². The lowest BCUT2D eigenvalue weighted by Crippen LogP contribution is -2.01. The smallest absolute Gasteiger partial charge is 0.127 e. The maximum Gasteiger partial charge on any atom is 0.127 e. The van der Waals surface area contributed by atoms with Crippen LogP contribution in [0.4, 0.5) is 5.82 Å². The Balaban J connectivity index is 2.77. The number of halogens is 1. The van der Waals surface area contributed by atoms with E-state index in [2.05, 4.69) is 32.2 Å². The molecule has 0 saturated carbocycles. The molecule has 1 rings (SSSR count). The van der Waals surface area contributed by atoms with Gasteiger partial charge < -0.3 is 5.32 Å². The minimum Gasteiger partial charge on any atom is -0.359 e. The molecule has 0 spiro atoms. The number of rotatable bonds is 2. The molecule has 12 heavy (non-hydrogen) atoms. The van der Waals surface area contributed by atoms with Crippen molar-refractivity contribution in [2.75, 3.05) is 11.9 Å². The standard InChI is InChI=1S/C9H9BrN2/c1-3-6-11-9-5-4-8(10)7(2)12-9/h1,4-5H,6H2,2H3,(H,11,12). The summed E-state index contributed by atoms with van der Waals surface area (Å²) in [6.45, 7) is 2.44. The van der Waals surface area contributed by atoms with Crippen LogP contribution in [0.25, 0.3) is 0 Å². The Morgan fingerprint density at radius 1 is 1.67 bits per heavy atom. The molecule has 1 heterocycles. The van der Waals surface area contributed by atoms with Crippen molar-refractivity contribution in [2.45, 2.75) is 6.92 Å². The number of nitrogens with one attached hydrogen (secondary N) is 1. The molecule has 0 aliphatic carbocycles. The maximum absolute atomic E-state index is 5.09. The number of aromatic nitrogens is 1. The summed E-state index contributed by atoms with van der Waals surface area (Å²) in [4.78, 5) is 4.26. The zero-order valence-corrected chi connectivity index (χ0v) is 8.35. The normalized spacial score (nSPS) is 9.08. The van der Waals surface area contributed by atoms with Gasteiger partial charge in [-0.25, -0.2) is 4.98 Å². The first-order valence-corrected chi connectivity index (χ1v) is 4.34. The van der Waals surface area contributed by atoms with Gasteiger partial charge in [-0.2, -0.15) is 0 Å². The average Bonchev–Trinajstić information content (AvgIpc) is 2.07. The van der Waals surface area contributed by atoms with Crippen LogP contribution in [0.15, 0.2) is 16.6 Å². The summed E-state index contributed by atoms with van der Waals surface area (Å²) in [5.74, 6) is 3.30. The quantitative estimate of drug-likeness (QED) is 0.780. The number of anilines is 1. The number of hydrogen-bond acceptors (Lipinski definition) is 2. The van der Waals surface area contributed by atoms with Crippen LogP contribution in [0.5, 0.6) is 0 Å². The summed E-state index contributed by atoms with van der Waals surface area (Å²) < 4.78 is 1.01. The van der Waals surface area contributed by atoms with Gasteiger partial charge in [0.1, 0.15) is 5.82 Å². The number of terminal acetylenes is 1. The average molecular weight is 225 g/mol. The molecular weight excluding hydrogens is 216 g/mol. The van der Waals surface area contributed by atoms with Crippen LogP contribution in [0.3, 0.4) is 0 Å². The van der Waals surface area contributed by atoms with Crippen molar-refractivity contribution >= 4 is 21.7 Å². The topological polar surface area (TPSA) is 24.9 Å². The van der Waals surface area contributed by atoms with Crippen molar-refractivity contribution < 1.29 is 0 Å². The van der Waals surface area contributed by atoms with Crippen LogP contribution in [0.1, 0.15) is 5.69 Å². The van der Waals surface area contributed by atoms with Gasteiger partial charge in [0.2, 0.25) is 0 Å². The molecule has 0 saturated heterocycles. The largest absolute Gasteiger partial charge is 0.359 e. The molecule has 0 bridgehead atoms. The van der Waals surface area contributed by atoms with Crippen LogP contribution in [-0.4, -0.2) is 11.5 Å². The third-order valence-electron chi connectivity index (χ3n) is 1.39. The van der Waals surface area contributed by atoms with E-state index in [9.17, 15) is 0 Å². The molecule has 0 atom stereocenters. The highest BCUT2D eigenvalue weighted by Crippen LogP contribution is 2.15. The van der Waals surface area contributed by atoms with E-state index in [4.69, 9.17) is 6.42 Å². The molecule has 1 N–H and O–H groups in total. The first-order chi connectivity index (χ1) is 5.74. The van der Waals surface area contributed by atoms with Gasteiger partial charge >= 0.3 is 0 Å². The summed E-state index contributed by atoms with van der Waals surface area (Å²) in [5, 5.41) is 2.99. The molecule has 0 radical (unpaired) electrons. The molecule has 0 fully saturated rings. The van der Waals surface area contributed by atoms with Gasteiger partial charge in [0.05, 0.1) is 12.2 Å². The van der Waals surface area contributed by atoms with E-state index in [0.29, 0.717) is 6.54 Å². The van der Waals surface area contributed by atoms with Crippen molar-refractivity contribution in [2.24, 2.45) is 0 Å².